The van der Waals surface area contributed by atoms with Crippen molar-refractivity contribution in [2.75, 3.05) is 0 Å². The zero-order valence-corrected chi connectivity index (χ0v) is 28.6. The van der Waals surface area contributed by atoms with Gasteiger partial charge in [-0.2, -0.15) is 0 Å². The molecule has 0 amide bonds. The Bertz CT molecular complexity index is 1180. The normalized spacial score (nSPS) is 12.2. The van der Waals surface area contributed by atoms with Crippen LogP contribution in [0.25, 0.3) is 5.32 Å². The Hall–Kier alpha value is -2.15. The average Bonchev–Trinajstić information content (AvgIpc) is 2.84. The number of nitrogens with zero attached hydrogens (tertiary/aromatic N) is 2. The number of hydrogen-bond acceptors (Lipinski definition) is 2. The van der Waals surface area contributed by atoms with Gasteiger partial charge in [0.05, 0.1) is 10.3 Å². The van der Waals surface area contributed by atoms with Gasteiger partial charge in [-0.05, 0) is 95.4 Å². The molecule has 0 N–H and O–H groups in total. The third kappa shape index (κ3) is 10.0. The zero-order chi connectivity index (χ0) is 29.5. The van der Waals surface area contributed by atoms with E-state index in [1.807, 2.05) is 32.0 Å². The van der Waals surface area contributed by atoms with Crippen LogP contribution >= 0.6 is 8.07 Å². The Morgan fingerprint density at radius 3 is 1.50 bits per heavy atom. The first-order valence-electron chi connectivity index (χ1n) is 14.1. The number of rotatable bonds is 5. The average molecular weight is 604 g/mol. The molecule has 220 valence electrons. The van der Waals surface area contributed by atoms with Gasteiger partial charge in [-0.1, -0.05) is 106 Å². The van der Waals surface area contributed by atoms with Crippen LogP contribution in [0.15, 0.2) is 71.5 Å². The van der Waals surface area contributed by atoms with E-state index in [9.17, 15) is 5.11 Å². The van der Waals surface area contributed by atoms with Gasteiger partial charge in [-0.3, -0.25) is 0 Å². The van der Waals surface area contributed by atoms with Gasteiger partial charge in [0.25, 0.3) is 0 Å². The first-order chi connectivity index (χ1) is 18.0. The molecule has 0 aromatic heterocycles. The van der Waals surface area contributed by atoms with E-state index < -0.39 is 8.07 Å². The Kier molecular flexibility index (Phi) is 13.6. The van der Waals surface area contributed by atoms with Crippen LogP contribution in [0.1, 0.15) is 109 Å². The van der Waals surface area contributed by atoms with E-state index >= 15 is 0 Å². The predicted octanol–water partition coefficient (Wildman–Crippen LogP) is 10.5. The minimum atomic E-state index is -1.11. The van der Waals surface area contributed by atoms with Crippen molar-refractivity contribution in [1.29, 1.82) is 0 Å². The van der Waals surface area contributed by atoms with Crippen LogP contribution in [0.5, 0.6) is 5.75 Å². The molecule has 0 bridgehead atoms. The number of hydrogen-bond donors (Lipinski definition) is 0. The summed E-state index contributed by atoms with van der Waals surface area (Å²) in [5.74, 6) is 1.87. The summed E-state index contributed by atoms with van der Waals surface area (Å²) in [6, 6.07) is 22.7. The molecule has 0 spiro atoms. The van der Waals surface area contributed by atoms with Gasteiger partial charge in [0.1, 0.15) is 0 Å². The SMILES string of the molecule is CC(C)c1cccc(C(C)C)c1[N-]/C(=N\[PH+](C(C)(C)C)C(C)(C)C)c1ccccc1.Cc1cccc(C)c1[O-].[Ni+2]. The maximum absolute atomic E-state index is 11.0. The Labute approximate surface area is 256 Å². The first kappa shape index (κ1) is 35.9. The van der Waals surface area contributed by atoms with Crippen molar-refractivity contribution in [3.8, 4) is 5.75 Å². The summed E-state index contributed by atoms with van der Waals surface area (Å²) in [5, 5.41) is 16.6. The van der Waals surface area contributed by atoms with Crippen LogP contribution in [-0.4, -0.2) is 16.1 Å². The predicted molar refractivity (Wildman–Crippen MR) is 174 cm³/mol. The van der Waals surface area contributed by atoms with Crippen LogP contribution in [0, 0.1) is 13.8 Å². The quantitative estimate of drug-likeness (QED) is 0.124. The molecule has 3 aromatic rings. The van der Waals surface area contributed by atoms with Gasteiger partial charge in [-0.15, -0.1) is 5.75 Å². The van der Waals surface area contributed by atoms with E-state index in [4.69, 9.17) is 10.1 Å². The number of benzene rings is 3. The van der Waals surface area contributed by atoms with E-state index in [1.165, 1.54) is 11.1 Å². The summed E-state index contributed by atoms with van der Waals surface area (Å²) < 4.78 is 5.44. The molecule has 3 aromatic carbocycles. The molecule has 5 heteroatoms. The van der Waals surface area contributed by atoms with Crippen molar-refractivity contribution in [1.82, 2.24) is 0 Å². The zero-order valence-electron chi connectivity index (χ0n) is 26.6. The largest absolute Gasteiger partial charge is 2.00 e. The maximum Gasteiger partial charge on any atom is 2.00 e. The molecule has 40 heavy (non-hydrogen) atoms. The molecule has 0 atom stereocenters. The van der Waals surface area contributed by atoms with Crippen LogP contribution in [0.2, 0.25) is 0 Å². The third-order valence-corrected chi connectivity index (χ3v) is 9.92. The maximum atomic E-state index is 11.0. The molecule has 0 radical (unpaired) electrons. The summed E-state index contributed by atoms with van der Waals surface area (Å²) in [4.78, 5) is 0. The van der Waals surface area contributed by atoms with Crippen molar-refractivity contribution >= 4 is 19.6 Å². The molecule has 0 aliphatic heterocycles. The summed E-state index contributed by atoms with van der Waals surface area (Å²) in [7, 11) is -1.11. The minimum absolute atomic E-state index is 0. The van der Waals surface area contributed by atoms with E-state index in [1.54, 1.807) is 0 Å². The van der Waals surface area contributed by atoms with E-state index in [2.05, 4.69) is 118 Å². The summed E-state index contributed by atoms with van der Waals surface area (Å²) in [5.41, 5.74) is 6.45. The van der Waals surface area contributed by atoms with E-state index in [-0.39, 0.29) is 32.6 Å². The summed E-state index contributed by atoms with van der Waals surface area (Å²) in [6.45, 7) is 26.6. The second-order valence-corrected chi connectivity index (χ2v) is 17.0. The third-order valence-electron chi connectivity index (χ3n) is 6.64. The van der Waals surface area contributed by atoms with Crippen molar-refractivity contribution in [3.63, 3.8) is 0 Å². The first-order valence-corrected chi connectivity index (χ1v) is 15.6. The molecule has 0 saturated carbocycles. The molecule has 0 fully saturated rings. The van der Waals surface area contributed by atoms with Gasteiger partial charge in [0.2, 0.25) is 0 Å². The van der Waals surface area contributed by atoms with Gasteiger partial charge >= 0.3 is 16.5 Å². The molecule has 0 unspecified atom stereocenters. The van der Waals surface area contributed by atoms with Gasteiger partial charge in [0.15, 0.2) is 0 Å². The van der Waals surface area contributed by atoms with Crippen LogP contribution in [0.4, 0.5) is 5.69 Å². The fraction of sp³-hybridized carbons (Fsp3) is 0.457. The van der Waals surface area contributed by atoms with Crippen LogP contribution in [0.3, 0.4) is 0 Å². The molecule has 3 rings (SSSR count). The Morgan fingerprint density at radius 1 is 0.700 bits per heavy atom. The minimum Gasteiger partial charge on any atom is -0.872 e. The van der Waals surface area contributed by atoms with Crippen molar-refractivity contribution in [2.24, 2.45) is 4.76 Å². The van der Waals surface area contributed by atoms with Crippen LogP contribution < -0.4 is 5.11 Å². The summed E-state index contributed by atoms with van der Waals surface area (Å²) >= 11 is 0. The van der Waals surface area contributed by atoms with Crippen LogP contribution in [-0.2, 0) is 16.5 Å². The topological polar surface area (TPSA) is 49.5 Å². The molecule has 0 aliphatic rings. The Balaban J connectivity index is 0.000000678. The number of aryl methyl sites for hydroxylation is 2. The molecular formula is C35H50N2NiOP+. The summed E-state index contributed by atoms with van der Waals surface area (Å²) in [6.07, 6.45) is 0. The van der Waals surface area contributed by atoms with E-state index in [0.29, 0.717) is 11.8 Å². The standard InChI is InChI=1S/C27H40N2P.C8H10O.Ni/c1-19(2)22-17-14-18-23(20(3)4)24(22)28-25(21-15-12-11-13-16-21)29-30(26(5,6)7)27(8,9)10;1-6-4-3-5-7(2)8(6)9;/h11-20H,1-10H3;3-5,9H,1-2H3;/q-1;;+2. The van der Waals surface area contributed by atoms with Crippen molar-refractivity contribution < 1.29 is 21.6 Å². The van der Waals surface area contributed by atoms with Gasteiger partial charge < -0.3 is 15.2 Å². The van der Waals surface area contributed by atoms with Gasteiger partial charge in [-0.25, -0.2) is 0 Å². The Morgan fingerprint density at radius 2 is 1.12 bits per heavy atom. The van der Waals surface area contributed by atoms with Crippen molar-refractivity contribution in [2.45, 2.75) is 105 Å². The fourth-order valence-corrected chi connectivity index (χ4v) is 8.17. The molecule has 3 nitrogen and oxygen atoms in total. The monoisotopic (exact) mass is 603 g/mol. The molecular weight excluding hydrogens is 554 g/mol. The van der Waals surface area contributed by atoms with Crippen molar-refractivity contribution in [3.05, 3.63) is 99.9 Å². The number of para-hydroxylation sites is 2. The smallest absolute Gasteiger partial charge is 0.872 e. The van der Waals surface area contributed by atoms with E-state index in [0.717, 1.165) is 28.2 Å². The molecule has 0 saturated heterocycles. The second kappa shape index (κ2) is 15.2. The number of amidine groups is 1. The molecule has 0 heterocycles. The second-order valence-electron chi connectivity index (χ2n) is 13.1. The fourth-order valence-electron chi connectivity index (χ4n) is 4.85. The molecule has 0 aliphatic carbocycles. The van der Waals surface area contributed by atoms with Gasteiger partial charge in [0, 0.05) is 8.07 Å².